The number of anilines is 1. The summed E-state index contributed by atoms with van der Waals surface area (Å²) in [4.78, 5) is 24.6. The zero-order valence-electron chi connectivity index (χ0n) is 12.9. The molecule has 7 heteroatoms. The summed E-state index contributed by atoms with van der Waals surface area (Å²) in [5.74, 6) is 0.845. The van der Waals surface area contributed by atoms with E-state index in [1.807, 2.05) is 36.9 Å². The Balaban J connectivity index is 2.01. The van der Waals surface area contributed by atoms with Crippen LogP contribution in [-0.4, -0.2) is 20.9 Å². The Bertz CT molecular complexity index is 939. The summed E-state index contributed by atoms with van der Waals surface area (Å²) in [7, 11) is 0. The van der Waals surface area contributed by atoms with Gasteiger partial charge in [-0.25, -0.2) is 14.4 Å². The molecule has 23 heavy (non-hydrogen) atoms. The highest BCUT2D eigenvalue weighted by Crippen LogP contribution is 2.19. The van der Waals surface area contributed by atoms with Crippen LogP contribution in [0.5, 0.6) is 0 Å². The number of fused-ring (bicyclic) bond motifs is 1. The average molecular weight is 325 g/mol. The first-order valence-corrected chi connectivity index (χ1v) is 8.04. The number of thiazole rings is 1. The van der Waals surface area contributed by atoms with Gasteiger partial charge in [-0.05, 0) is 26.0 Å². The third kappa shape index (κ3) is 2.81. The first-order chi connectivity index (χ1) is 11.1. The minimum absolute atomic E-state index is 0.219. The van der Waals surface area contributed by atoms with Crippen LogP contribution in [0.25, 0.3) is 4.96 Å². The van der Waals surface area contributed by atoms with Crippen molar-refractivity contribution in [2.45, 2.75) is 20.4 Å². The molecule has 0 aliphatic carbocycles. The lowest BCUT2D eigenvalue weighted by atomic mass is 10.3. The number of hydrogen-bond donors (Lipinski definition) is 0. The molecule has 0 saturated heterocycles. The molecule has 0 aliphatic rings. The fraction of sp³-hybridized carbons (Fsp3) is 0.250. The van der Waals surface area contributed by atoms with Crippen molar-refractivity contribution < 1.29 is 0 Å². The summed E-state index contributed by atoms with van der Waals surface area (Å²) in [6.45, 7) is 5.11. The Morgan fingerprint density at radius 3 is 2.91 bits per heavy atom. The predicted octanol–water partition coefficient (Wildman–Crippen LogP) is 2.36. The topological polar surface area (TPSA) is 74.3 Å². The molecule has 0 atom stereocenters. The van der Waals surface area contributed by atoms with Crippen molar-refractivity contribution in [2.24, 2.45) is 0 Å². The van der Waals surface area contributed by atoms with Gasteiger partial charge in [0.2, 0.25) is 0 Å². The van der Waals surface area contributed by atoms with E-state index in [4.69, 9.17) is 0 Å². The van der Waals surface area contributed by atoms with Crippen LogP contribution in [-0.2, 0) is 6.54 Å². The molecule has 0 aliphatic heterocycles. The van der Waals surface area contributed by atoms with E-state index in [9.17, 15) is 10.1 Å². The van der Waals surface area contributed by atoms with Crippen LogP contribution in [0.15, 0.2) is 35.3 Å². The van der Waals surface area contributed by atoms with Crippen LogP contribution < -0.4 is 10.5 Å². The lowest BCUT2D eigenvalue weighted by Crippen LogP contribution is -2.25. The molecule has 0 amide bonds. The Kier molecular flexibility index (Phi) is 4.08. The van der Waals surface area contributed by atoms with Gasteiger partial charge in [0.15, 0.2) is 4.96 Å². The van der Waals surface area contributed by atoms with Gasteiger partial charge in [-0.2, -0.15) is 5.26 Å². The highest BCUT2D eigenvalue weighted by molar-refractivity contribution is 7.17. The van der Waals surface area contributed by atoms with Gasteiger partial charge in [-0.1, -0.05) is 6.07 Å². The maximum Gasteiger partial charge on any atom is 0.259 e. The highest BCUT2D eigenvalue weighted by atomic mass is 32.1. The SMILES string of the molecule is CCN(Cc1cc(=O)n2c(C#N)c(C)sc2n1)c1ccccn1. The van der Waals surface area contributed by atoms with Crippen LogP contribution in [0.2, 0.25) is 0 Å². The van der Waals surface area contributed by atoms with Crippen molar-refractivity contribution in [1.82, 2.24) is 14.4 Å². The van der Waals surface area contributed by atoms with Crippen molar-refractivity contribution in [3.8, 4) is 6.07 Å². The van der Waals surface area contributed by atoms with Crippen LogP contribution >= 0.6 is 11.3 Å². The second kappa shape index (κ2) is 6.18. The first kappa shape index (κ1) is 15.2. The van der Waals surface area contributed by atoms with Gasteiger partial charge in [0.25, 0.3) is 5.56 Å². The number of nitriles is 1. The molecule has 3 aromatic heterocycles. The molecule has 0 unspecified atom stereocenters. The van der Waals surface area contributed by atoms with Crippen LogP contribution in [0, 0.1) is 18.3 Å². The fourth-order valence-electron chi connectivity index (χ4n) is 2.42. The Morgan fingerprint density at radius 1 is 1.43 bits per heavy atom. The molecule has 0 saturated carbocycles. The van der Waals surface area contributed by atoms with Gasteiger partial charge < -0.3 is 4.90 Å². The van der Waals surface area contributed by atoms with E-state index in [-0.39, 0.29) is 5.56 Å². The molecular weight excluding hydrogens is 310 g/mol. The van der Waals surface area contributed by atoms with Crippen molar-refractivity contribution in [3.63, 3.8) is 0 Å². The van der Waals surface area contributed by atoms with E-state index in [2.05, 4.69) is 16.0 Å². The van der Waals surface area contributed by atoms with E-state index in [1.165, 1.54) is 21.8 Å². The number of pyridine rings is 1. The average Bonchev–Trinajstić information content (AvgIpc) is 2.89. The molecule has 3 aromatic rings. The number of hydrogen-bond acceptors (Lipinski definition) is 6. The second-order valence-corrected chi connectivity index (χ2v) is 6.21. The van der Waals surface area contributed by atoms with E-state index in [0.29, 0.717) is 22.9 Å². The molecule has 116 valence electrons. The summed E-state index contributed by atoms with van der Waals surface area (Å²) in [6.07, 6.45) is 1.74. The van der Waals surface area contributed by atoms with E-state index < -0.39 is 0 Å². The molecule has 0 radical (unpaired) electrons. The summed E-state index contributed by atoms with van der Waals surface area (Å²) < 4.78 is 1.38. The van der Waals surface area contributed by atoms with Crippen LogP contribution in [0.1, 0.15) is 23.2 Å². The summed E-state index contributed by atoms with van der Waals surface area (Å²) in [5.41, 5.74) is 0.822. The molecule has 0 N–H and O–H groups in total. The maximum absolute atomic E-state index is 12.3. The zero-order chi connectivity index (χ0) is 16.4. The minimum Gasteiger partial charge on any atom is -0.351 e. The van der Waals surface area contributed by atoms with Crippen LogP contribution in [0.4, 0.5) is 5.82 Å². The Hall–Kier alpha value is -2.72. The number of aryl methyl sites for hydroxylation is 1. The van der Waals surface area contributed by atoms with Crippen LogP contribution in [0.3, 0.4) is 0 Å². The lowest BCUT2D eigenvalue weighted by Gasteiger charge is -2.21. The molecule has 0 fully saturated rings. The van der Waals surface area contributed by atoms with Crippen molar-refractivity contribution in [3.05, 3.63) is 57.1 Å². The standard InChI is InChI=1S/C16H15N5OS/c1-3-20(14-6-4-5-7-18-14)10-12-8-15(22)21-13(9-17)11(2)23-16(21)19-12/h4-8H,3,10H2,1-2H3. The Morgan fingerprint density at radius 2 is 2.26 bits per heavy atom. The largest absolute Gasteiger partial charge is 0.351 e. The van der Waals surface area contributed by atoms with Gasteiger partial charge in [0, 0.05) is 23.7 Å². The maximum atomic E-state index is 12.3. The number of rotatable bonds is 4. The second-order valence-electron chi connectivity index (χ2n) is 5.02. The quantitative estimate of drug-likeness (QED) is 0.736. The smallest absolute Gasteiger partial charge is 0.259 e. The summed E-state index contributed by atoms with van der Waals surface area (Å²) in [5, 5.41) is 9.18. The minimum atomic E-state index is -0.219. The third-order valence-electron chi connectivity index (χ3n) is 3.56. The van der Waals surface area contributed by atoms with Crippen molar-refractivity contribution >= 4 is 22.1 Å². The Labute approximate surface area is 137 Å². The van der Waals surface area contributed by atoms with E-state index in [1.54, 1.807) is 6.20 Å². The number of nitrogens with zero attached hydrogens (tertiary/aromatic N) is 5. The molecule has 0 spiro atoms. The van der Waals surface area contributed by atoms with E-state index >= 15 is 0 Å². The lowest BCUT2D eigenvalue weighted by molar-refractivity contribution is 0.790. The molecule has 3 heterocycles. The highest BCUT2D eigenvalue weighted by Gasteiger charge is 2.14. The van der Waals surface area contributed by atoms with Gasteiger partial charge in [0.1, 0.15) is 17.6 Å². The van der Waals surface area contributed by atoms with E-state index in [0.717, 1.165) is 17.2 Å². The molecule has 0 bridgehead atoms. The molecule has 0 aromatic carbocycles. The van der Waals surface area contributed by atoms with Crippen molar-refractivity contribution in [2.75, 3.05) is 11.4 Å². The normalized spacial score (nSPS) is 10.7. The predicted molar refractivity (Wildman–Crippen MR) is 89.8 cm³/mol. The molecular formula is C16H15N5OS. The van der Waals surface area contributed by atoms with Crippen molar-refractivity contribution in [1.29, 1.82) is 5.26 Å². The fourth-order valence-corrected chi connectivity index (χ4v) is 3.37. The van der Waals surface area contributed by atoms with Gasteiger partial charge in [-0.3, -0.25) is 4.79 Å². The summed E-state index contributed by atoms with van der Waals surface area (Å²) >= 11 is 1.36. The molecule has 3 rings (SSSR count). The zero-order valence-corrected chi connectivity index (χ0v) is 13.7. The number of aromatic nitrogens is 3. The monoisotopic (exact) mass is 325 g/mol. The third-order valence-corrected chi connectivity index (χ3v) is 4.51. The molecule has 6 nitrogen and oxygen atoms in total. The van der Waals surface area contributed by atoms with Gasteiger partial charge in [0.05, 0.1) is 12.2 Å². The first-order valence-electron chi connectivity index (χ1n) is 7.22. The summed E-state index contributed by atoms with van der Waals surface area (Å²) in [6, 6.07) is 9.29. The van der Waals surface area contributed by atoms with Gasteiger partial charge in [-0.15, -0.1) is 11.3 Å². The van der Waals surface area contributed by atoms with Gasteiger partial charge >= 0.3 is 0 Å².